The Balaban J connectivity index is 0.000000745. The van der Waals surface area contributed by atoms with Crippen LogP contribution in [0.4, 0.5) is 65.9 Å². The molecule has 0 atom stereocenters. The van der Waals surface area contributed by atoms with Gasteiger partial charge < -0.3 is 0 Å². The van der Waals surface area contributed by atoms with E-state index in [0.29, 0.717) is 0 Å². The van der Waals surface area contributed by atoms with Crippen molar-refractivity contribution in [2.45, 2.75) is 36.5 Å². The van der Waals surface area contributed by atoms with Gasteiger partial charge in [-0.3, -0.25) is 0 Å². The molecule has 0 bridgehead atoms. The van der Waals surface area contributed by atoms with Gasteiger partial charge in [0.15, 0.2) is 0 Å². The van der Waals surface area contributed by atoms with Crippen LogP contribution in [0.5, 0.6) is 0 Å². The molecule has 0 aliphatic carbocycles. The fourth-order valence-electron chi connectivity index (χ4n) is 3.60. The predicted octanol–water partition coefficient (Wildman–Crippen LogP) is 6.83. The summed E-state index contributed by atoms with van der Waals surface area (Å²) in [6.07, 6.45) is 0. The predicted molar refractivity (Wildman–Crippen MR) is 121 cm³/mol. The third kappa shape index (κ3) is 6.25. The average Bonchev–Trinajstić information content (AvgIpc) is 2.96. The summed E-state index contributed by atoms with van der Waals surface area (Å²) < 4.78 is 201. The Kier molecular flexibility index (Phi) is 11.7. The quantitative estimate of drug-likeness (QED) is 0.113. The van der Waals surface area contributed by atoms with Gasteiger partial charge in [0.1, 0.15) is 0 Å². The van der Waals surface area contributed by atoms with E-state index in [4.69, 9.17) is 0 Å². The van der Waals surface area contributed by atoms with Crippen LogP contribution < -0.4 is 13.2 Å². The van der Waals surface area contributed by atoms with Crippen LogP contribution in [0.15, 0.2) is 0 Å². The minimum atomic E-state index is -6.37. The van der Waals surface area contributed by atoms with Crippen molar-refractivity contribution in [3.8, 4) is 0 Å². The summed E-state index contributed by atoms with van der Waals surface area (Å²) in [5, 5.41) is 4.56. The molecule has 224 valence electrons. The average molecular weight is 734 g/mol. The first-order valence-corrected chi connectivity index (χ1v) is 18.9. The van der Waals surface area contributed by atoms with Gasteiger partial charge in [0.05, 0.1) is 0 Å². The molecule has 0 aliphatic rings. The third-order valence-electron chi connectivity index (χ3n) is 5.88. The number of halogens is 15. The van der Waals surface area contributed by atoms with Gasteiger partial charge in [0.25, 0.3) is 0 Å². The van der Waals surface area contributed by atoms with E-state index in [2.05, 4.69) is 20.8 Å². The van der Waals surface area contributed by atoms with Crippen LogP contribution in [0.1, 0.15) is 20.8 Å². The van der Waals surface area contributed by atoms with Gasteiger partial charge in [0.2, 0.25) is 0 Å². The molecule has 0 nitrogen and oxygen atoms in total. The van der Waals surface area contributed by atoms with Crippen LogP contribution in [0, 0.1) is 87.3 Å². The first-order valence-electron chi connectivity index (χ1n) is 11.3. The Hall–Kier alpha value is -2.30. The molecule has 0 N–H and O–H groups in total. The van der Waals surface area contributed by atoms with Crippen molar-refractivity contribution >= 4 is 41.9 Å². The van der Waals surface area contributed by atoms with E-state index < -0.39 is 129 Å². The Morgan fingerprint density at radius 1 is 0.293 bits per heavy atom. The molecule has 3 rings (SSSR count). The van der Waals surface area contributed by atoms with Crippen molar-refractivity contribution in [1.82, 2.24) is 0 Å². The monoisotopic (exact) mass is 736 g/mol. The van der Waals surface area contributed by atoms with Crippen molar-refractivity contribution in [3.05, 3.63) is 87.3 Å². The van der Waals surface area contributed by atoms with Crippen LogP contribution in [-0.4, -0.2) is 28.7 Å². The Bertz CT molecular complexity index is 1210. The number of hydrogen-bond donors (Lipinski definition) is 0. The van der Waals surface area contributed by atoms with Gasteiger partial charge in [-0.25, -0.2) is 0 Å². The fourth-order valence-corrected chi connectivity index (χ4v) is 12.5. The SMILES string of the molecule is C[CH2][Ge]([CH2]C)[CH2]C.Fc1c(F)c(F)[c]([Ge]([c]2c(F)c(F)c(F)c(F)c2F)[c]2c(F)c(F)c(F)c(F)c2F)c(F)c1F. The van der Waals surface area contributed by atoms with E-state index in [-0.39, 0.29) is 0 Å². The minimum absolute atomic E-state index is 0.403. The molecule has 0 fully saturated rings. The second kappa shape index (κ2) is 13.8. The molecule has 3 aromatic rings. The van der Waals surface area contributed by atoms with E-state index in [9.17, 15) is 65.9 Å². The first kappa shape index (κ1) is 34.9. The van der Waals surface area contributed by atoms with Crippen molar-refractivity contribution in [3.63, 3.8) is 0 Å². The normalized spacial score (nSPS) is 11.4. The van der Waals surface area contributed by atoms with Crippen LogP contribution in [0.3, 0.4) is 0 Å². The number of benzene rings is 3. The number of hydrogen-bond acceptors (Lipinski definition) is 0. The van der Waals surface area contributed by atoms with Gasteiger partial charge in [-0.2, -0.15) is 0 Å². The molecule has 0 spiro atoms. The van der Waals surface area contributed by atoms with E-state index >= 15 is 0 Å². The van der Waals surface area contributed by atoms with Crippen LogP contribution in [0.2, 0.25) is 15.8 Å². The zero-order chi connectivity index (χ0) is 31.7. The summed E-state index contributed by atoms with van der Waals surface area (Å²) in [7, 11) is 0. The molecule has 0 aliphatic heterocycles. The van der Waals surface area contributed by atoms with E-state index in [1.165, 1.54) is 15.8 Å². The first-order chi connectivity index (χ1) is 19.0. The zero-order valence-corrected chi connectivity index (χ0v) is 25.0. The summed E-state index contributed by atoms with van der Waals surface area (Å²) in [6, 6.07) is 0. The summed E-state index contributed by atoms with van der Waals surface area (Å²) in [4.78, 5) is 0. The zero-order valence-electron chi connectivity index (χ0n) is 20.8. The fraction of sp³-hybridized carbons (Fsp3) is 0.250. The van der Waals surface area contributed by atoms with Crippen LogP contribution >= 0.6 is 0 Å². The van der Waals surface area contributed by atoms with E-state index in [0.717, 1.165) is 0 Å². The molecule has 0 saturated carbocycles. The molecular formula is C24H15F15Ge2. The molecule has 2 radical (unpaired) electrons. The second-order valence-electron chi connectivity index (χ2n) is 8.02. The maximum atomic E-state index is 14.4. The molecule has 0 aromatic heterocycles. The molecule has 0 unspecified atom stereocenters. The van der Waals surface area contributed by atoms with E-state index in [1.807, 2.05) is 0 Å². The Morgan fingerprint density at radius 3 is 0.561 bits per heavy atom. The molecule has 0 saturated heterocycles. The molecule has 17 heteroatoms. The summed E-state index contributed by atoms with van der Waals surface area (Å²) in [5.41, 5.74) is 0. The van der Waals surface area contributed by atoms with Gasteiger partial charge in [-0.15, -0.1) is 0 Å². The standard InChI is InChI=1S/C18F15Ge.C6H15Ge/c19-1-4(22)10(28)16(11(29)5(1)23)34(17-12(30)6(24)2(20)7(25)13(17)31)18-14(32)8(26)3(21)9(27)15(18)33;1-4-7(5-2)6-3/h;4-6H2,1-3H3. The van der Waals surface area contributed by atoms with Crippen molar-refractivity contribution in [2.75, 3.05) is 0 Å². The maximum absolute atomic E-state index is 14.4. The second-order valence-corrected chi connectivity index (χ2v) is 20.3. The third-order valence-corrected chi connectivity index (χ3v) is 18.1. The number of rotatable bonds is 6. The molecular weight excluding hydrogens is 718 g/mol. The molecule has 3 aromatic carbocycles. The van der Waals surface area contributed by atoms with Gasteiger partial charge in [0, 0.05) is 0 Å². The summed E-state index contributed by atoms with van der Waals surface area (Å²) in [5.74, 6) is -44.5. The van der Waals surface area contributed by atoms with Crippen LogP contribution in [0.25, 0.3) is 0 Å². The molecule has 0 amide bonds. The van der Waals surface area contributed by atoms with Gasteiger partial charge >= 0.3 is 232 Å². The molecule has 41 heavy (non-hydrogen) atoms. The van der Waals surface area contributed by atoms with E-state index in [1.54, 1.807) is 0 Å². The van der Waals surface area contributed by atoms with Crippen molar-refractivity contribution in [1.29, 1.82) is 0 Å². The summed E-state index contributed by atoms with van der Waals surface area (Å²) in [6.45, 7) is 7.01. The van der Waals surface area contributed by atoms with Gasteiger partial charge in [-0.1, -0.05) is 0 Å². The Morgan fingerprint density at radius 2 is 0.439 bits per heavy atom. The summed E-state index contributed by atoms with van der Waals surface area (Å²) >= 11 is -6.77. The topological polar surface area (TPSA) is 0 Å². The van der Waals surface area contributed by atoms with Crippen LogP contribution in [-0.2, 0) is 0 Å². The van der Waals surface area contributed by atoms with Crippen molar-refractivity contribution < 1.29 is 65.9 Å². The Labute approximate surface area is 231 Å². The molecule has 0 heterocycles. The van der Waals surface area contributed by atoms with Crippen molar-refractivity contribution in [2.24, 2.45) is 0 Å². The van der Waals surface area contributed by atoms with Gasteiger partial charge in [-0.05, 0) is 0 Å².